The van der Waals surface area contributed by atoms with Crippen LogP contribution in [0.4, 0.5) is 4.39 Å². The van der Waals surface area contributed by atoms with E-state index in [9.17, 15) is 14.3 Å². The largest absolute Gasteiger partial charge is 0.508 e. The highest BCUT2D eigenvalue weighted by atomic mass is 19.1. The third kappa shape index (κ3) is 3.74. The number of halogens is 1. The van der Waals surface area contributed by atoms with Crippen LogP contribution in [0.5, 0.6) is 5.75 Å². The molecule has 0 unspecified atom stereocenters. The van der Waals surface area contributed by atoms with Crippen molar-refractivity contribution in [3.05, 3.63) is 94.4 Å². The Morgan fingerprint density at radius 1 is 0.971 bits per heavy atom. The van der Waals surface area contributed by atoms with Crippen LogP contribution in [0.3, 0.4) is 0 Å². The van der Waals surface area contributed by atoms with Gasteiger partial charge in [0.25, 0.3) is 5.91 Å². The van der Waals surface area contributed by atoms with Crippen LogP contribution < -0.4 is 5.32 Å². The monoisotopic (exact) mass is 458 g/mol. The van der Waals surface area contributed by atoms with Crippen LogP contribution in [0.15, 0.2) is 60.7 Å². The average molecular weight is 459 g/mol. The molecule has 2 heterocycles. The summed E-state index contributed by atoms with van der Waals surface area (Å²) in [5, 5.41) is 13.6. The van der Waals surface area contributed by atoms with Crippen molar-refractivity contribution in [2.24, 2.45) is 0 Å². The van der Waals surface area contributed by atoms with Crippen LogP contribution in [-0.2, 0) is 6.42 Å². The van der Waals surface area contributed by atoms with Crippen LogP contribution in [0.2, 0.25) is 0 Å². The SMILES string of the molecule is Cc1c(F)cccc1Cc1c(C(=O)N2CC[NH2+]CC2)c2c(C)c(O)ccc2n1-c1ccccc1. The number of piperazine rings is 1. The van der Waals surface area contributed by atoms with Crippen molar-refractivity contribution in [3.8, 4) is 11.4 Å². The standard InChI is InChI=1S/C28H28FN3O2/c1-18-20(7-6-10-22(18)29)17-24-27(28(34)31-15-13-30-14-16-31)26-19(2)25(33)12-11-23(26)32(24)21-8-4-3-5-9-21/h3-12,30,33H,13-17H2,1-2H3/p+1. The first-order chi connectivity index (χ1) is 16.5. The molecule has 174 valence electrons. The third-order valence-corrected chi connectivity index (χ3v) is 6.92. The summed E-state index contributed by atoms with van der Waals surface area (Å²) in [6.07, 6.45) is 0.397. The molecule has 1 aromatic heterocycles. The molecule has 6 heteroatoms. The second-order valence-electron chi connectivity index (χ2n) is 8.96. The number of nitrogens with zero attached hydrogens (tertiary/aromatic N) is 2. The lowest BCUT2D eigenvalue weighted by Gasteiger charge is -2.26. The maximum Gasteiger partial charge on any atom is 0.256 e. The molecule has 34 heavy (non-hydrogen) atoms. The van der Waals surface area contributed by atoms with Gasteiger partial charge in [0, 0.05) is 28.8 Å². The Morgan fingerprint density at radius 2 is 1.71 bits per heavy atom. The summed E-state index contributed by atoms with van der Waals surface area (Å²) in [7, 11) is 0. The number of phenolic OH excluding ortho intramolecular Hbond substituents is 1. The first-order valence-corrected chi connectivity index (χ1v) is 11.7. The van der Waals surface area contributed by atoms with Gasteiger partial charge < -0.3 is 19.9 Å². The van der Waals surface area contributed by atoms with E-state index in [1.54, 1.807) is 19.1 Å². The number of aromatic hydroxyl groups is 1. The van der Waals surface area contributed by atoms with E-state index in [2.05, 4.69) is 9.88 Å². The number of fused-ring (bicyclic) bond motifs is 1. The van der Waals surface area contributed by atoms with Crippen molar-refractivity contribution in [1.82, 2.24) is 9.47 Å². The molecule has 1 amide bonds. The van der Waals surface area contributed by atoms with Crippen molar-refractivity contribution in [3.63, 3.8) is 0 Å². The number of nitrogens with two attached hydrogens (primary N) is 1. The quantitative estimate of drug-likeness (QED) is 0.490. The number of hydrogen-bond acceptors (Lipinski definition) is 2. The molecule has 0 aliphatic carbocycles. The van der Waals surface area contributed by atoms with Crippen LogP contribution in [0.1, 0.15) is 32.7 Å². The molecule has 4 aromatic rings. The fourth-order valence-corrected chi connectivity index (χ4v) is 5.00. The maximum atomic E-state index is 14.5. The lowest BCUT2D eigenvalue weighted by atomic mass is 9.98. The van der Waals surface area contributed by atoms with Gasteiger partial charge in [-0.1, -0.05) is 30.3 Å². The van der Waals surface area contributed by atoms with E-state index in [1.165, 1.54) is 6.07 Å². The third-order valence-electron chi connectivity index (χ3n) is 6.92. The molecule has 0 bridgehead atoms. The van der Waals surface area contributed by atoms with Crippen LogP contribution >= 0.6 is 0 Å². The van der Waals surface area contributed by atoms with Gasteiger partial charge in [-0.2, -0.15) is 0 Å². The molecule has 0 atom stereocenters. The zero-order chi connectivity index (χ0) is 23.8. The highest BCUT2D eigenvalue weighted by Crippen LogP contribution is 2.37. The zero-order valence-corrected chi connectivity index (χ0v) is 19.5. The summed E-state index contributed by atoms with van der Waals surface area (Å²) < 4.78 is 16.6. The van der Waals surface area contributed by atoms with Crippen molar-refractivity contribution in [1.29, 1.82) is 0 Å². The van der Waals surface area contributed by atoms with Gasteiger partial charge in [-0.25, -0.2) is 4.39 Å². The van der Waals surface area contributed by atoms with Crippen LogP contribution in [0.25, 0.3) is 16.6 Å². The Balaban J connectivity index is 1.83. The molecule has 3 N–H and O–H groups in total. The molecule has 0 saturated carbocycles. The minimum absolute atomic E-state index is 0.0365. The number of carbonyl (C=O) groups is 1. The van der Waals surface area contributed by atoms with Crippen molar-refractivity contribution >= 4 is 16.8 Å². The van der Waals surface area contributed by atoms with Crippen LogP contribution in [0, 0.1) is 19.7 Å². The molecule has 1 aliphatic heterocycles. The molecule has 1 saturated heterocycles. The molecule has 5 nitrogen and oxygen atoms in total. The molecule has 3 aromatic carbocycles. The maximum absolute atomic E-state index is 14.5. The van der Waals surface area contributed by atoms with Gasteiger partial charge in [0.1, 0.15) is 11.6 Å². The number of aromatic nitrogens is 1. The van der Waals surface area contributed by atoms with E-state index in [4.69, 9.17) is 0 Å². The van der Waals surface area contributed by atoms with Gasteiger partial charge in [-0.05, 0) is 55.3 Å². The first kappa shape index (κ1) is 22.2. The molecular weight excluding hydrogens is 429 g/mol. The molecule has 1 fully saturated rings. The number of quaternary nitrogens is 1. The Labute approximate surface area is 198 Å². The summed E-state index contributed by atoms with van der Waals surface area (Å²) >= 11 is 0. The Morgan fingerprint density at radius 3 is 2.44 bits per heavy atom. The number of phenols is 1. The minimum atomic E-state index is -0.256. The average Bonchev–Trinajstić information content (AvgIpc) is 3.19. The fraction of sp³-hybridized carbons (Fsp3) is 0.250. The first-order valence-electron chi connectivity index (χ1n) is 11.7. The number of benzene rings is 3. The van der Waals surface area contributed by atoms with Gasteiger partial charge in [0.15, 0.2) is 0 Å². The summed E-state index contributed by atoms with van der Waals surface area (Å²) in [5.41, 5.74) is 5.28. The Kier molecular flexibility index (Phi) is 5.84. The fourth-order valence-electron chi connectivity index (χ4n) is 5.00. The van der Waals surface area contributed by atoms with E-state index >= 15 is 0 Å². The van der Waals surface area contributed by atoms with E-state index in [0.29, 0.717) is 36.2 Å². The molecule has 1 aliphatic rings. The van der Waals surface area contributed by atoms with Crippen LogP contribution in [-0.4, -0.2) is 46.7 Å². The normalized spacial score (nSPS) is 14.0. The van der Waals surface area contributed by atoms with Gasteiger partial charge >= 0.3 is 0 Å². The number of carbonyl (C=O) groups excluding carboxylic acids is 1. The lowest BCUT2D eigenvalue weighted by Crippen LogP contribution is -2.89. The zero-order valence-electron chi connectivity index (χ0n) is 19.5. The smallest absolute Gasteiger partial charge is 0.256 e. The summed E-state index contributed by atoms with van der Waals surface area (Å²) in [6, 6.07) is 18.5. The predicted molar refractivity (Wildman–Crippen MR) is 131 cm³/mol. The van der Waals surface area contributed by atoms with Crippen molar-refractivity contribution < 1.29 is 19.6 Å². The molecular formula is C28H29FN3O2+. The summed E-state index contributed by atoms with van der Waals surface area (Å²) in [4.78, 5) is 15.9. The molecule has 5 rings (SSSR count). The summed E-state index contributed by atoms with van der Waals surface area (Å²) in [6.45, 7) is 6.71. The lowest BCUT2D eigenvalue weighted by molar-refractivity contribution is -0.661. The van der Waals surface area contributed by atoms with Gasteiger partial charge in [-0.15, -0.1) is 0 Å². The van der Waals surface area contributed by atoms with E-state index in [0.717, 1.165) is 40.9 Å². The van der Waals surface area contributed by atoms with Gasteiger partial charge in [0.2, 0.25) is 0 Å². The van der Waals surface area contributed by atoms with Crippen molar-refractivity contribution in [2.75, 3.05) is 26.2 Å². The second-order valence-corrected chi connectivity index (χ2v) is 8.96. The number of para-hydroxylation sites is 1. The van der Waals surface area contributed by atoms with E-state index in [1.807, 2.05) is 54.3 Å². The number of rotatable bonds is 4. The van der Waals surface area contributed by atoms with Gasteiger partial charge in [-0.3, -0.25) is 4.79 Å². The summed E-state index contributed by atoms with van der Waals surface area (Å²) in [5.74, 6) is -0.133. The topological polar surface area (TPSA) is 62.1 Å². The second kappa shape index (κ2) is 8.95. The highest BCUT2D eigenvalue weighted by molar-refractivity contribution is 6.10. The van der Waals surface area contributed by atoms with Crippen molar-refractivity contribution in [2.45, 2.75) is 20.3 Å². The number of hydrogen-bond donors (Lipinski definition) is 2. The molecule has 0 spiro atoms. The van der Waals surface area contributed by atoms with E-state index in [-0.39, 0.29) is 17.5 Å². The Hall–Kier alpha value is -3.64. The Bertz CT molecular complexity index is 1370. The minimum Gasteiger partial charge on any atom is -0.508 e. The van der Waals surface area contributed by atoms with Gasteiger partial charge in [0.05, 0.1) is 37.3 Å². The predicted octanol–water partition coefficient (Wildman–Crippen LogP) is 3.70. The highest BCUT2D eigenvalue weighted by Gasteiger charge is 2.30. The number of aryl methyl sites for hydroxylation is 1. The number of amides is 1. The molecule has 0 radical (unpaired) electrons. The van der Waals surface area contributed by atoms with E-state index < -0.39 is 0 Å².